The van der Waals surface area contributed by atoms with Gasteiger partial charge in [0.1, 0.15) is 6.04 Å². The Labute approximate surface area is 85.3 Å². The van der Waals surface area contributed by atoms with E-state index in [4.69, 9.17) is 10.8 Å². The molecular weight excluding hydrogens is 196 g/mol. The third-order valence-electron chi connectivity index (χ3n) is 2.00. The second-order valence-electron chi connectivity index (χ2n) is 3.18. The van der Waals surface area contributed by atoms with E-state index in [2.05, 4.69) is 10.1 Å². The van der Waals surface area contributed by atoms with E-state index in [0.29, 0.717) is 11.5 Å². The molecule has 3 N–H and O–H groups in total. The minimum atomic E-state index is -1.05. The smallest absolute Gasteiger partial charge is 0.320 e. The molecule has 2 aromatic heterocycles. The van der Waals surface area contributed by atoms with Crippen LogP contribution in [0.2, 0.25) is 0 Å². The van der Waals surface area contributed by atoms with E-state index in [1.165, 1.54) is 0 Å². The minimum Gasteiger partial charge on any atom is -0.480 e. The molecule has 0 spiro atoms. The van der Waals surface area contributed by atoms with Gasteiger partial charge in [-0.1, -0.05) is 6.07 Å². The Morgan fingerprint density at radius 1 is 1.60 bits per heavy atom. The molecule has 0 aliphatic carbocycles. The van der Waals surface area contributed by atoms with Gasteiger partial charge in [0.15, 0.2) is 11.5 Å². The lowest BCUT2D eigenvalue weighted by molar-refractivity contribution is -0.138. The van der Waals surface area contributed by atoms with E-state index < -0.39 is 12.0 Å². The summed E-state index contributed by atoms with van der Waals surface area (Å²) in [5.74, 6) is -0.607. The number of carbonyl (C=O) groups is 1. The van der Waals surface area contributed by atoms with Crippen molar-refractivity contribution in [3.63, 3.8) is 0 Å². The van der Waals surface area contributed by atoms with Gasteiger partial charge in [-0.05, 0) is 12.1 Å². The number of fused-ring (bicyclic) bond motifs is 1. The summed E-state index contributed by atoms with van der Waals surface area (Å²) in [6.07, 6.45) is 1.88. The number of carboxylic acids is 1. The van der Waals surface area contributed by atoms with Crippen LogP contribution in [0.25, 0.3) is 5.65 Å². The molecule has 1 unspecified atom stereocenters. The van der Waals surface area contributed by atoms with E-state index in [1.54, 1.807) is 16.8 Å². The topological polar surface area (TPSA) is 93.5 Å². The molecule has 0 aromatic carbocycles. The van der Waals surface area contributed by atoms with Crippen molar-refractivity contribution in [1.82, 2.24) is 14.6 Å². The van der Waals surface area contributed by atoms with Crippen LogP contribution in [0.3, 0.4) is 0 Å². The lowest BCUT2D eigenvalue weighted by Crippen LogP contribution is -2.32. The zero-order chi connectivity index (χ0) is 10.8. The van der Waals surface area contributed by atoms with Crippen molar-refractivity contribution < 1.29 is 9.90 Å². The van der Waals surface area contributed by atoms with Gasteiger partial charge in [-0.2, -0.15) is 5.10 Å². The van der Waals surface area contributed by atoms with Crippen LogP contribution in [0.4, 0.5) is 0 Å². The molecule has 6 nitrogen and oxygen atoms in total. The number of hydrogen-bond donors (Lipinski definition) is 2. The third-order valence-corrected chi connectivity index (χ3v) is 2.00. The van der Waals surface area contributed by atoms with Gasteiger partial charge in [-0.15, -0.1) is 0 Å². The van der Waals surface area contributed by atoms with Crippen LogP contribution in [0, 0.1) is 0 Å². The van der Waals surface area contributed by atoms with Crippen molar-refractivity contribution in [1.29, 1.82) is 0 Å². The zero-order valence-corrected chi connectivity index (χ0v) is 7.87. The van der Waals surface area contributed by atoms with Crippen LogP contribution in [-0.2, 0) is 11.2 Å². The van der Waals surface area contributed by atoms with E-state index in [1.807, 2.05) is 12.1 Å². The van der Waals surface area contributed by atoms with Crippen molar-refractivity contribution in [2.45, 2.75) is 12.5 Å². The predicted molar refractivity (Wildman–Crippen MR) is 52.3 cm³/mol. The van der Waals surface area contributed by atoms with Crippen LogP contribution < -0.4 is 5.73 Å². The molecule has 0 amide bonds. The van der Waals surface area contributed by atoms with E-state index in [9.17, 15) is 4.79 Å². The van der Waals surface area contributed by atoms with Gasteiger partial charge < -0.3 is 10.8 Å². The average Bonchev–Trinajstić information content (AvgIpc) is 2.59. The van der Waals surface area contributed by atoms with Crippen LogP contribution in [-0.4, -0.2) is 31.7 Å². The first-order valence-corrected chi connectivity index (χ1v) is 4.45. The van der Waals surface area contributed by atoms with Gasteiger partial charge >= 0.3 is 5.97 Å². The highest BCUT2D eigenvalue weighted by Gasteiger charge is 2.15. The van der Waals surface area contributed by atoms with Crippen LogP contribution in [0.1, 0.15) is 5.82 Å². The molecule has 0 saturated heterocycles. The van der Waals surface area contributed by atoms with E-state index in [0.717, 1.165) is 0 Å². The van der Waals surface area contributed by atoms with Gasteiger partial charge in [0.25, 0.3) is 0 Å². The van der Waals surface area contributed by atoms with Gasteiger partial charge in [0, 0.05) is 12.6 Å². The molecule has 2 heterocycles. The average molecular weight is 206 g/mol. The SMILES string of the molecule is NC(Cc1nc2ccccn2n1)C(=O)O. The number of nitrogens with zero attached hydrogens (tertiary/aromatic N) is 3. The zero-order valence-electron chi connectivity index (χ0n) is 7.87. The molecule has 0 bridgehead atoms. The Kier molecular flexibility index (Phi) is 2.34. The maximum absolute atomic E-state index is 10.5. The van der Waals surface area contributed by atoms with Crippen LogP contribution in [0.15, 0.2) is 24.4 Å². The molecule has 2 rings (SSSR count). The fourth-order valence-electron chi connectivity index (χ4n) is 1.25. The molecule has 0 saturated carbocycles. The summed E-state index contributed by atoms with van der Waals surface area (Å²) in [7, 11) is 0. The fraction of sp³-hybridized carbons (Fsp3) is 0.222. The Bertz CT molecular complexity index is 461. The summed E-state index contributed by atoms with van der Waals surface area (Å²) in [6.45, 7) is 0. The summed E-state index contributed by atoms with van der Waals surface area (Å²) >= 11 is 0. The lowest BCUT2D eigenvalue weighted by atomic mass is 10.2. The Morgan fingerprint density at radius 2 is 2.40 bits per heavy atom. The summed E-state index contributed by atoms with van der Waals surface area (Å²) in [5.41, 5.74) is 6.07. The maximum atomic E-state index is 10.5. The number of rotatable bonds is 3. The van der Waals surface area contributed by atoms with Crippen LogP contribution >= 0.6 is 0 Å². The number of aromatic nitrogens is 3. The van der Waals surface area contributed by atoms with Gasteiger partial charge in [0.2, 0.25) is 0 Å². The van der Waals surface area contributed by atoms with Crippen molar-refractivity contribution in [2.24, 2.45) is 5.73 Å². The monoisotopic (exact) mass is 206 g/mol. The Hall–Kier alpha value is -1.95. The largest absolute Gasteiger partial charge is 0.480 e. The molecule has 0 radical (unpaired) electrons. The molecule has 1 atom stereocenters. The highest BCUT2D eigenvalue weighted by Crippen LogP contribution is 2.02. The maximum Gasteiger partial charge on any atom is 0.320 e. The Balaban J connectivity index is 2.26. The number of nitrogens with two attached hydrogens (primary N) is 1. The number of carboxylic acid groups (broad SMARTS) is 1. The summed E-state index contributed by atoms with van der Waals surface area (Å²) in [6, 6.07) is 4.50. The molecule has 15 heavy (non-hydrogen) atoms. The second-order valence-corrected chi connectivity index (χ2v) is 3.18. The van der Waals surface area contributed by atoms with Crippen molar-refractivity contribution in [2.75, 3.05) is 0 Å². The third kappa shape index (κ3) is 1.94. The molecule has 0 fully saturated rings. The minimum absolute atomic E-state index is 0.136. The molecule has 0 aliphatic rings. The number of aliphatic carboxylic acids is 1. The molecule has 78 valence electrons. The van der Waals surface area contributed by atoms with Gasteiger partial charge in [-0.3, -0.25) is 4.79 Å². The highest BCUT2D eigenvalue weighted by molar-refractivity contribution is 5.73. The van der Waals surface area contributed by atoms with Crippen molar-refractivity contribution >= 4 is 11.6 Å². The molecular formula is C9H10N4O2. The summed E-state index contributed by atoms with van der Waals surface area (Å²) in [4.78, 5) is 14.7. The van der Waals surface area contributed by atoms with Crippen LogP contribution in [0.5, 0.6) is 0 Å². The van der Waals surface area contributed by atoms with Crippen molar-refractivity contribution in [3.8, 4) is 0 Å². The quantitative estimate of drug-likeness (QED) is 0.718. The normalized spacial score (nSPS) is 12.9. The predicted octanol–water partition coefficient (Wildman–Crippen LogP) is -0.316. The first-order valence-electron chi connectivity index (χ1n) is 4.45. The fourth-order valence-corrected chi connectivity index (χ4v) is 1.25. The first kappa shape index (κ1) is 9.60. The van der Waals surface area contributed by atoms with Gasteiger partial charge in [0.05, 0.1) is 0 Å². The number of pyridine rings is 1. The highest BCUT2D eigenvalue weighted by atomic mass is 16.4. The van der Waals surface area contributed by atoms with E-state index in [-0.39, 0.29) is 6.42 Å². The Morgan fingerprint density at radius 3 is 3.07 bits per heavy atom. The molecule has 2 aromatic rings. The van der Waals surface area contributed by atoms with Crippen molar-refractivity contribution in [3.05, 3.63) is 30.2 Å². The lowest BCUT2D eigenvalue weighted by Gasteiger charge is -2.00. The summed E-state index contributed by atoms with van der Waals surface area (Å²) < 4.78 is 1.59. The first-order chi connectivity index (χ1) is 7.16. The number of hydrogen-bond acceptors (Lipinski definition) is 4. The second kappa shape index (κ2) is 3.66. The molecule has 6 heteroatoms. The molecule has 0 aliphatic heterocycles. The standard InChI is InChI=1S/C9H10N4O2/c10-6(9(14)15)5-7-11-8-3-1-2-4-13(8)12-7/h1-4,6H,5,10H2,(H,14,15). The summed E-state index contributed by atoms with van der Waals surface area (Å²) in [5, 5.41) is 12.7. The van der Waals surface area contributed by atoms with E-state index >= 15 is 0 Å². The van der Waals surface area contributed by atoms with Gasteiger partial charge in [-0.25, -0.2) is 9.50 Å².